The van der Waals surface area contributed by atoms with Crippen molar-refractivity contribution in [2.45, 2.75) is 89.9 Å². The van der Waals surface area contributed by atoms with Gasteiger partial charge < -0.3 is 5.73 Å². The molecule has 0 radical (unpaired) electrons. The van der Waals surface area contributed by atoms with Gasteiger partial charge in [0.15, 0.2) is 0 Å². The van der Waals surface area contributed by atoms with Gasteiger partial charge in [-0.3, -0.25) is 0 Å². The normalized spacial score (nSPS) is 11.0. The zero-order valence-electron chi connectivity index (χ0n) is 12.4. The van der Waals surface area contributed by atoms with Crippen molar-refractivity contribution in [1.82, 2.24) is 0 Å². The summed E-state index contributed by atoms with van der Waals surface area (Å²) in [5.41, 5.74) is 3.88. The molecular formula is C16H35BrN+. The summed E-state index contributed by atoms with van der Waals surface area (Å²) in [7, 11) is 0. The van der Waals surface area contributed by atoms with Gasteiger partial charge in [-0.15, -0.1) is 0 Å². The van der Waals surface area contributed by atoms with E-state index in [1.54, 1.807) is 0 Å². The molecule has 0 aromatic carbocycles. The molecule has 0 spiro atoms. The minimum Gasteiger partial charge on any atom is -0.358 e. The van der Waals surface area contributed by atoms with Crippen LogP contribution in [0.3, 0.4) is 0 Å². The van der Waals surface area contributed by atoms with E-state index in [-0.39, 0.29) is 0 Å². The molecular weight excluding hydrogens is 286 g/mol. The molecule has 0 aromatic heterocycles. The number of hydrogen-bond acceptors (Lipinski definition) is 0. The minimum atomic E-state index is 1.12. The van der Waals surface area contributed by atoms with Crippen LogP contribution in [0.5, 0.6) is 0 Å². The Balaban J connectivity index is 2.86. The highest BCUT2D eigenvalue weighted by atomic mass is 79.9. The molecule has 0 amide bonds. The van der Waals surface area contributed by atoms with Crippen LogP contribution in [-0.4, -0.2) is 11.9 Å². The maximum absolute atomic E-state index is 3.88. The Labute approximate surface area is 123 Å². The standard InChI is InChI=1S/C16H34BrN/c17-15-13-11-9-7-5-3-1-2-4-6-8-10-12-14-16-18/h1-16,18H2/p+1. The summed E-state index contributed by atoms with van der Waals surface area (Å²) >= 11 is 3.48. The molecule has 0 aliphatic heterocycles. The number of alkyl halides is 1. The molecule has 2 heteroatoms. The Morgan fingerprint density at radius 3 is 1.00 bits per heavy atom. The lowest BCUT2D eigenvalue weighted by Gasteiger charge is -2.02. The monoisotopic (exact) mass is 320 g/mol. The number of rotatable bonds is 15. The summed E-state index contributed by atoms with van der Waals surface area (Å²) in [6.07, 6.45) is 20.1. The van der Waals surface area contributed by atoms with Gasteiger partial charge in [0.2, 0.25) is 0 Å². The van der Waals surface area contributed by atoms with E-state index < -0.39 is 0 Å². The van der Waals surface area contributed by atoms with E-state index in [0.717, 1.165) is 6.54 Å². The van der Waals surface area contributed by atoms with Gasteiger partial charge in [-0.1, -0.05) is 86.6 Å². The fraction of sp³-hybridized carbons (Fsp3) is 1.00. The first-order valence-electron chi connectivity index (χ1n) is 8.27. The van der Waals surface area contributed by atoms with Crippen molar-refractivity contribution in [3.8, 4) is 0 Å². The van der Waals surface area contributed by atoms with E-state index in [1.807, 2.05) is 0 Å². The van der Waals surface area contributed by atoms with Crippen molar-refractivity contribution in [3.63, 3.8) is 0 Å². The number of halogens is 1. The second-order valence-electron chi connectivity index (χ2n) is 5.49. The second kappa shape index (κ2) is 17.4. The first-order chi connectivity index (χ1) is 8.91. The quantitative estimate of drug-likeness (QED) is 0.322. The van der Waals surface area contributed by atoms with Gasteiger partial charge in [-0.25, -0.2) is 0 Å². The summed E-state index contributed by atoms with van der Waals surface area (Å²) in [6.45, 7) is 1.12. The van der Waals surface area contributed by atoms with E-state index in [2.05, 4.69) is 21.7 Å². The Bertz CT molecular complexity index is 123. The average Bonchev–Trinajstić information content (AvgIpc) is 2.39. The lowest BCUT2D eigenvalue weighted by atomic mass is 10.0. The van der Waals surface area contributed by atoms with Crippen LogP contribution in [0.4, 0.5) is 0 Å². The highest BCUT2D eigenvalue weighted by molar-refractivity contribution is 9.09. The van der Waals surface area contributed by atoms with Gasteiger partial charge in [0.25, 0.3) is 0 Å². The lowest BCUT2D eigenvalue weighted by molar-refractivity contribution is -0.368. The SMILES string of the molecule is [NH3+]CCCCCCCCCCCCCCCCBr. The molecule has 1 nitrogen and oxygen atoms in total. The molecule has 0 fully saturated rings. The predicted octanol–water partition coefficient (Wildman–Crippen LogP) is 5.08. The van der Waals surface area contributed by atoms with Gasteiger partial charge in [0.1, 0.15) is 0 Å². The molecule has 3 N–H and O–H groups in total. The number of quaternary nitrogens is 1. The molecule has 0 atom stereocenters. The molecule has 0 unspecified atom stereocenters. The van der Waals surface area contributed by atoms with Gasteiger partial charge >= 0.3 is 0 Å². The van der Waals surface area contributed by atoms with Crippen LogP contribution in [0.25, 0.3) is 0 Å². The van der Waals surface area contributed by atoms with Crippen molar-refractivity contribution in [2.24, 2.45) is 0 Å². The van der Waals surface area contributed by atoms with Crippen LogP contribution < -0.4 is 5.73 Å². The van der Waals surface area contributed by atoms with Crippen LogP contribution in [0.1, 0.15) is 89.9 Å². The molecule has 0 aliphatic carbocycles. The predicted molar refractivity (Wildman–Crippen MR) is 86.2 cm³/mol. The van der Waals surface area contributed by atoms with Crippen molar-refractivity contribution >= 4 is 15.9 Å². The van der Waals surface area contributed by atoms with Gasteiger partial charge in [0.05, 0.1) is 6.54 Å². The summed E-state index contributed by atoms with van der Waals surface area (Å²) < 4.78 is 0. The number of hydrogen-bond donors (Lipinski definition) is 1. The van der Waals surface area contributed by atoms with Crippen molar-refractivity contribution in [2.75, 3.05) is 11.9 Å². The van der Waals surface area contributed by atoms with Crippen LogP contribution in [0, 0.1) is 0 Å². The minimum absolute atomic E-state index is 1.12. The fourth-order valence-electron chi connectivity index (χ4n) is 2.39. The van der Waals surface area contributed by atoms with Crippen LogP contribution in [0.15, 0.2) is 0 Å². The summed E-state index contributed by atoms with van der Waals surface area (Å²) in [5.74, 6) is 0. The Kier molecular flexibility index (Phi) is 17.9. The fourth-order valence-corrected chi connectivity index (χ4v) is 2.79. The van der Waals surface area contributed by atoms with Crippen LogP contribution in [0.2, 0.25) is 0 Å². The topological polar surface area (TPSA) is 27.6 Å². The molecule has 18 heavy (non-hydrogen) atoms. The highest BCUT2D eigenvalue weighted by Gasteiger charge is 1.94. The molecule has 110 valence electrons. The lowest BCUT2D eigenvalue weighted by Crippen LogP contribution is -2.50. The van der Waals surface area contributed by atoms with Gasteiger partial charge in [-0.05, 0) is 19.3 Å². The van der Waals surface area contributed by atoms with Crippen molar-refractivity contribution in [1.29, 1.82) is 0 Å². The first kappa shape index (κ1) is 18.4. The first-order valence-corrected chi connectivity index (χ1v) is 9.39. The molecule has 0 saturated carbocycles. The third kappa shape index (κ3) is 16.4. The highest BCUT2D eigenvalue weighted by Crippen LogP contribution is 2.12. The van der Waals surface area contributed by atoms with Crippen molar-refractivity contribution in [3.05, 3.63) is 0 Å². The summed E-state index contributed by atoms with van der Waals surface area (Å²) in [4.78, 5) is 0. The third-order valence-corrected chi connectivity index (χ3v) is 4.19. The molecule has 0 bridgehead atoms. The van der Waals surface area contributed by atoms with E-state index in [9.17, 15) is 0 Å². The molecule has 0 rings (SSSR count). The third-order valence-electron chi connectivity index (χ3n) is 3.63. The van der Waals surface area contributed by atoms with E-state index in [4.69, 9.17) is 0 Å². The maximum Gasteiger partial charge on any atom is 0.0739 e. The average molecular weight is 321 g/mol. The molecule has 0 heterocycles. The van der Waals surface area contributed by atoms with E-state index in [1.165, 1.54) is 95.2 Å². The van der Waals surface area contributed by atoms with Gasteiger partial charge in [-0.2, -0.15) is 0 Å². The van der Waals surface area contributed by atoms with Crippen LogP contribution in [-0.2, 0) is 0 Å². The summed E-state index contributed by atoms with van der Waals surface area (Å²) in [5, 5.41) is 1.18. The Morgan fingerprint density at radius 1 is 0.444 bits per heavy atom. The summed E-state index contributed by atoms with van der Waals surface area (Å²) in [6, 6.07) is 0. The number of unbranched alkanes of at least 4 members (excludes halogenated alkanes) is 13. The Hall–Kier alpha value is 0.440. The second-order valence-corrected chi connectivity index (χ2v) is 6.29. The molecule has 0 aliphatic rings. The van der Waals surface area contributed by atoms with Crippen LogP contribution >= 0.6 is 15.9 Å². The van der Waals surface area contributed by atoms with Crippen molar-refractivity contribution < 1.29 is 5.73 Å². The van der Waals surface area contributed by atoms with E-state index in [0.29, 0.717) is 0 Å². The smallest absolute Gasteiger partial charge is 0.0739 e. The Morgan fingerprint density at radius 2 is 0.722 bits per heavy atom. The van der Waals surface area contributed by atoms with E-state index >= 15 is 0 Å². The largest absolute Gasteiger partial charge is 0.358 e. The van der Waals surface area contributed by atoms with Gasteiger partial charge in [0, 0.05) is 5.33 Å². The maximum atomic E-state index is 3.88. The zero-order chi connectivity index (χ0) is 13.3. The molecule has 0 saturated heterocycles. The zero-order valence-corrected chi connectivity index (χ0v) is 14.0. The molecule has 0 aromatic rings.